The smallest absolute Gasteiger partial charge is 0.270 e. The van der Waals surface area contributed by atoms with Gasteiger partial charge < -0.3 is 20.5 Å². The van der Waals surface area contributed by atoms with Crippen molar-refractivity contribution >= 4 is 28.7 Å². The molecule has 1 fully saturated rings. The lowest BCUT2D eigenvalue weighted by atomic mass is 10.1. The molecule has 1 aliphatic rings. The van der Waals surface area contributed by atoms with Gasteiger partial charge in [-0.05, 0) is 25.3 Å². The van der Waals surface area contributed by atoms with E-state index in [1.807, 2.05) is 41.3 Å². The van der Waals surface area contributed by atoms with E-state index in [9.17, 15) is 9.59 Å². The number of aromatic amines is 1. The molecule has 0 aliphatic carbocycles. The molecule has 1 aliphatic heterocycles. The summed E-state index contributed by atoms with van der Waals surface area (Å²) >= 11 is 0. The summed E-state index contributed by atoms with van der Waals surface area (Å²) in [6.45, 7) is 4.06. The number of anilines is 1. The van der Waals surface area contributed by atoms with Crippen molar-refractivity contribution in [3.05, 3.63) is 42.1 Å². The average Bonchev–Trinajstić information content (AvgIpc) is 3.21. The van der Waals surface area contributed by atoms with Crippen LogP contribution in [0.25, 0.3) is 22.4 Å². The van der Waals surface area contributed by atoms with Crippen LogP contribution in [0.5, 0.6) is 0 Å². The van der Waals surface area contributed by atoms with E-state index < -0.39 is 0 Å². The zero-order valence-electron chi connectivity index (χ0n) is 17.1. The van der Waals surface area contributed by atoms with Crippen LogP contribution in [0.2, 0.25) is 0 Å². The Morgan fingerprint density at radius 3 is 2.57 bits per heavy atom. The third-order valence-corrected chi connectivity index (χ3v) is 5.18. The molecule has 8 nitrogen and oxygen atoms in total. The van der Waals surface area contributed by atoms with Crippen molar-refractivity contribution in [1.82, 2.24) is 25.2 Å². The standard InChI is InChI=1S/C22H26N6O2/c1-15(29)23-10-11-24-20-17-14-18(22(30)28-12-6-3-7-13-28)25-21(17)27-19(26-20)16-8-4-2-5-9-16/h2,4-5,8-9,14H,3,6-7,10-13H2,1H3,(H,23,29)(H2,24,25,26,27). The van der Waals surface area contributed by atoms with Gasteiger partial charge in [0.1, 0.15) is 17.2 Å². The highest BCUT2D eigenvalue weighted by Crippen LogP contribution is 2.26. The molecule has 0 spiro atoms. The average molecular weight is 406 g/mol. The zero-order chi connectivity index (χ0) is 20.9. The van der Waals surface area contributed by atoms with E-state index in [-0.39, 0.29) is 11.8 Å². The lowest BCUT2D eigenvalue weighted by Gasteiger charge is -2.26. The molecule has 156 valence electrons. The van der Waals surface area contributed by atoms with E-state index >= 15 is 0 Å². The minimum Gasteiger partial charge on any atom is -0.368 e. The number of rotatable bonds is 6. The van der Waals surface area contributed by atoms with E-state index in [0.717, 1.165) is 36.9 Å². The van der Waals surface area contributed by atoms with Gasteiger partial charge in [-0.3, -0.25) is 9.59 Å². The topological polar surface area (TPSA) is 103 Å². The lowest BCUT2D eigenvalue weighted by molar-refractivity contribution is -0.118. The van der Waals surface area contributed by atoms with E-state index in [2.05, 4.69) is 20.6 Å². The Morgan fingerprint density at radius 2 is 1.83 bits per heavy atom. The first kappa shape index (κ1) is 19.9. The first-order valence-corrected chi connectivity index (χ1v) is 10.4. The van der Waals surface area contributed by atoms with Crippen LogP contribution in [0.1, 0.15) is 36.7 Å². The largest absolute Gasteiger partial charge is 0.368 e. The van der Waals surface area contributed by atoms with Gasteiger partial charge in [-0.1, -0.05) is 30.3 Å². The highest BCUT2D eigenvalue weighted by atomic mass is 16.2. The molecular formula is C22H26N6O2. The highest BCUT2D eigenvalue weighted by molar-refractivity contribution is 6.00. The minimum atomic E-state index is -0.0781. The Labute approximate surface area is 175 Å². The number of fused-ring (bicyclic) bond motifs is 1. The van der Waals surface area contributed by atoms with Gasteiger partial charge in [0.25, 0.3) is 5.91 Å². The van der Waals surface area contributed by atoms with Gasteiger partial charge in [0.2, 0.25) is 5.91 Å². The second-order valence-electron chi connectivity index (χ2n) is 7.47. The van der Waals surface area contributed by atoms with Gasteiger partial charge in [-0.25, -0.2) is 9.97 Å². The number of hydrogen-bond acceptors (Lipinski definition) is 5. The highest BCUT2D eigenvalue weighted by Gasteiger charge is 2.21. The Morgan fingerprint density at radius 1 is 1.07 bits per heavy atom. The first-order chi connectivity index (χ1) is 14.6. The van der Waals surface area contributed by atoms with Gasteiger partial charge in [-0.15, -0.1) is 0 Å². The fourth-order valence-corrected chi connectivity index (χ4v) is 3.66. The summed E-state index contributed by atoms with van der Waals surface area (Å²) in [5.74, 6) is 1.13. The molecule has 0 unspecified atom stereocenters. The summed E-state index contributed by atoms with van der Waals surface area (Å²) in [6.07, 6.45) is 3.25. The molecule has 1 aromatic carbocycles. The molecule has 30 heavy (non-hydrogen) atoms. The lowest BCUT2D eigenvalue weighted by Crippen LogP contribution is -2.35. The molecule has 0 saturated carbocycles. The Kier molecular flexibility index (Phi) is 5.92. The molecular weight excluding hydrogens is 380 g/mol. The first-order valence-electron chi connectivity index (χ1n) is 10.4. The Hall–Kier alpha value is -3.42. The quantitative estimate of drug-likeness (QED) is 0.546. The van der Waals surface area contributed by atoms with E-state index in [1.54, 1.807) is 0 Å². The number of H-pyrrole nitrogens is 1. The maximum absolute atomic E-state index is 12.9. The number of likely N-dealkylation sites (tertiary alicyclic amines) is 1. The van der Waals surface area contributed by atoms with E-state index in [4.69, 9.17) is 4.98 Å². The number of carbonyl (C=O) groups excluding carboxylic acids is 2. The van der Waals surface area contributed by atoms with E-state index in [1.165, 1.54) is 13.3 Å². The van der Waals surface area contributed by atoms with Crippen molar-refractivity contribution < 1.29 is 9.59 Å². The number of hydrogen-bond donors (Lipinski definition) is 3. The normalized spacial score (nSPS) is 14.0. The van der Waals surface area contributed by atoms with Crippen LogP contribution in [-0.4, -0.2) is 57.8 Å². The van der Waals surface area contributed by atoms with Crippen LogP contribution in [-0.2, 0) is 4.79 Å². The predicted molar refractivity (Wildman–Crippen MR) is 116 cm³/mol. The van der Waals surface area contributed by atoms with Crippen molar-refractivity contribution in [2.75, 3.05) is 31.5 Å². The fraction of sp³-hybridized carbons (Fsp3) is 0.364. The molecule has 3 aromatic rings. The van der Waals surface area contributed by atoms with Gasteiger partial charge >= 0.3 is 0 Å². The summed E-state index contributed by atoms with van der Waals surface area (Å²) < 4.78 is 0. The maximum Gasteiger partial charge on any atom is 0.270 e. The molecule has 0 radical (unpaired) electrons. The number of piperidine rings is 1. The van der Waals surface area contributed by atoms with Crippen molar-refractivity contribution in [3.8, 4) is 11.4 Å². The Bertz CT molecular complexity index is 1040. The molecule has 0 bridgehead atoms. The van der Waals surface area contributed by atoms with Crippen LogP contribution < -0.4 is 10.6 Å². The molecule has 3 N–H and O–H groups in total. The molecule has 4 rings (SSSR count). The SMILES string of the molecule is CC(=O)NCCNc1nc(-c2ccccc2)nc2[nH]c(C(=O)N3CCCCC3)cc12. The van der Waals surface area contributed by atoms with Crippen LogP contribution in [0.3, 0.4) is 0 Å². The summed E-state index contributed by atoms with van der Waals surface area (Å²) in [4.78, 5) is 38.5. The fourth-order valence-electron chi connectivity index (χ4n) is 3.66. The maximum atomic E-state index is 12.9. The molecule has 1 saturated heterocycles. The van der Waals surface area contributed by atoms with E-state index in [0.29, 0.717) is 36.1 Å². The molecule has 8 heteroatoms. The minimum absolute atomic E-state index is 0.00171. The number of nitrogens with one attached hydrogen (secondary N) is 3. The Balaban J connectivity index is 1.67. The molecule has 2 amide bonds. The summed E-state index contributed by atoms with van der Waals surface area (Å²) in [7, 11) is 0. The molecule has 2 aromatic heterocycles. The van der Waals surface area contributed by atoms with Crippen molar-refractivity contribution in [2.24, 2.45) is 0 Å². The van der Waals surface area contributed by atoms with Crippen LogP contribution in [0.15, 0.2) is 36.4 Å². The van der Waals surface area contributed by atoms with Gasteiger partial charge in [-0.2, -0.15) is 0 Å². The predicted octanol–water partition coefficient (Wildman–Crippen LogP) is 2.80. The monoisotopic (exact) mass is 406 g/mol. The number of carbonyl (C=O) groups is 2. The third-order valence-electron chi connectivity index (χ3n) is 5.18. The number of amides is 2. The zero-order valence-corrected chi connectivity index (χ0v) is 17.1. The number of nitrogens with zero attached hydrogens (tertiary/aromatic N) is 3. The van der Waals surface area contributed by atoms with Crippen LogP contribution in [0, 0.1) is 0 Å². The summed E-state index contributed by atoms with van der Waals surface area (Å²) in [5, 5.41) is 6.80. The second-order valence-corrected chi connectivity index (χ2v) is 7.47. The van der Waals surface area contributed by atoms with Gasteiger partial charge in [0.15, 0.2) is 5.82 Å². The summed E-state index contributed by atoms with van der Waals surface area (Å²) in [5.41, 5.74) is 2.03. The van der Waals surface area contributed by atoms with Gasteiger partial charge in [0.05, 0.1) is 5.39 Å². The second kappa shape index (κ2) is 8.94. The van der Waals surface area contributed by atoms with Crippen molar-refractivity contribution in [1.29, 1.82) is 0 Å². The van der Waals surface area contributed by atoms with Crippen LogP contribution in [0.4, 0.5) is 5.82 Å². The summed E-state index contributed by atoms with van der Waals surface area (Å²) in [6, 6.07) is 11.5. The molecule has 3 heterocycles. The van der Waals surface area contributed by atoms with Crippen LogP contribution >= 0.6 is 0 Å². The molecule has 0 atom stereocenters. The number of aromatic nitrogens is 3. The number of benzene rings is 1. The van der Waals surface area contributed by atoms with Crippen molar-refractivity contribution in [2.45, 2.75) is 26.2 Å². The third kappa shape index (κ3) is 4.42. The van der Waals surface area contributed by atoms with Gasteiger partial charge in [0, 0.05) is 38.7 Å². The van der Waals surface area contributed by atoms with Crippen molar-refractivity contribution in [3.63, 3.8) is 0 Å².